The fourth-order valence-corrected chi connectivity index (χ4v) is 4.46. The zero-order valence-corrected chi connectivity index (χ0v) is 16.8. The Hall–Kier alpha value is -2.37. The largest absolute Gasteiger partial charge is 0.342 e. The minimum Gasteiger partial charge on any atom is -0.342 e. The van der Waals surface area contributed by atoms with Crippen LogP contribution in [0.1, 0.15) is 57.2 Å². The molecule has 28 heavy (non-hydrogen) atoms. The quantitative estimate of drug-likeness (QED) is 0.771. The van der Waals surface area contributed by atoms with Gasteiger partial charge in [0.25, 0.3) is 0 Å². The molecule has 0 unspecified atom stereocenters. The molecular formula is C22H30N4O2. The van der Waals surface area contributed by atoms with Crippen molar-refractivity contribution in [2.24, 2.45) is 0 Å². The minimum atomic E-state index is 0.0610. The van der Waals surface area contributed by atoms with Gasteiger partial charge in [0.15, 0.2) is 0 Å². The maximum Gasteiger partial charge on any atom is 0.242 e. The number of aromatic nitrogens is 2. The van der Waals surface area contributed by atoms with Gasteiger partial charge in [-0.15, -0.1) is 0 Å². The summed E-state index contributed by atoms with van der Waals surface area (Å²) >= 11 is 0. The Bertz CT molecular complexity index is 853. The lowest BCUT2D eigenvalue weighted by molar-refractivity contribution is -0.132. The van der Waals surface area contributed by atoms with Gasteiger partial charge in [-0.1, -0.05) is 25.5 Å². The summed E-state index contributed by atoms with van der Waals surface area (Å²) in [6.07, 6.45) is 5.99. The predicted molar refractivity (Wildman–Crippen MR) is 109 cm³/mol. The molecule has 2 saturated heterocycles. The van der Waals surface area contributed by atoms with E-state index in [1.165, 1.54) is 6.42 Å². The van der Waals surface area contributed by atoms with Gasteiger partial charge in [-0.2, -0.15) is 0 Å². The fraction of sp³-hybridized carbons (Fsp3) is 0.591. The maximum absolute atomic E-state index is 12.9. The number of piperidine rings is 1. The average molecular weight is 383 g/mol. The normalized spacial score (nSPS) is 20.3. The highest BCUT2D eigenvalue weighted by Crippen LogP contribution is 2.30. The Labute approximate surface area is 166 Å². The summed E-state index contributed by atoms with van der Waals surface area (Å²) in [5, 5.41) is 0. The number of carbonyl (C=O) groups excluding carboxylic acids is 2. The number of fused-ring (bicyclic) bond motifs is 1. The van der Waals surface area contributed by atoms with Crippen LogP contribution >= 0.6 is 0 Å². The highest BCUT2D eigenvalue weighted by molar-refractivity contribution is 5.83. The van der Waals surface area contributed by atoms with E-state index in [4.69, 9.17) is 4.98 Å². The highest BCUT2D eigenvalue weighted by Gasteiger charge is 2.34. The maximum atomic E-state index is 12.9. The number of para-hydroxylation sites is 2. The van der Waals surface area contributed by atoms with Crippen LogP contribution in [0.5, 0.6) is 0 Å². The molecule has 0 bridgehead atoms. The van der Waals surface area contributed by atoms with Crippen molar-refractivity contribution in [3.05, 3.63) is 30.1 Å². The van der Waals surface area contributed by atoms with Gasteiger partial charge in [-0.25, -0.2) is 4.98 Å². The first kappa shape index (κ1) is 19.0. The molecule has 1 aromatic carbocycles. The van der Waals surface area contributed by atoms with Crippen LogP contribution in [0.15, 0.2) is 24.3 Å². The second-order valence-electron chi connectivity index (χ2n) is 8.08. The van der Waals surface area contributed by atoms with Crippen LogP contribution in [0.3, 0.4) is 0 Å². The monoisotopic (exact) mass is 382 g/mol. The topological polar surface area (TPSA) is 58.4 Å². The number of likely N-dealkylation sites (tertiary alicyclic amines) is 2. The summed E-state index contributed by atoms with van der Waals surface area (Å²) in [6, 6.07) is 7.99. The standard InChI is InChI=1S/C22H30N4O2/c1-2-3-11-25-15-17(14-20(25)27)22-23-18-9-5-6-10-19(18)26(22)16-21(28)24-12-7-4-8-13-24/h5-6,9-10,17H,2-4,7-8,11-16H2,1H3/t17-/m0/s1. The summed E-state index contributed by atoms with van der Waals surface area (Å²) in [5.41, 5.74) is 1.89. The zero-order chi connectivity index (χ0) is 19.5. The van der Waals surface area contributed by atoms with Crippen LogP contribution < -0.4 is 0 Å². The molecule has 0 radical (unpaired) electrons. The molecule has 1 aromatic heterocycles. The van der Waals surface area contributed by atoms with Gasteiger partial charge in [-0.3, -0.25) is 9.59 Å². The lowest BCUT2D eigenvalue weighted by atomic mass is 10.1. The molecule has 2 aliphatic heterocycles. The smallest absolute Gasteiger partial charge is 0.242 e. The molecule has 3 heterocycles. The fourth-order valence-electron chi connectivity index (χ4n) is 4.46. The van der Waals surface area contributed by atoms with E-state index < -0.39 is 0 Å². The minimum absolute atomic E-state index is 0.0610. The number of unbranched alkanes of at least 4 members (excludes halogenated alkanes) is 1. The molecule has 2 aromatic rings. The molecular weight excluding hydrogens is 352 g/mol. The summed E-state index contributed by atoms with van der Waals surface area (Å²) in [6.45, 7) is 5.69. The number of rotatable bonds is 6. The van der Waals surface area contributed by atoms with Gasteiger partial charge in [-0.05, 0) is 37.8 Å². The molecule has 1 atom stereocenters. The number of carbonyl (C=O) groups is 2. The third-order valence-corrected chi connectivity index (χ3v) is 6.05. The number of hydrogen-bond acceptors (Lipinski definition) is 3. The van der Waals surface area contributed by atoms with Crippen molar-refractivity contribution < 1.29 is 9.59 Å². The second-order valence-corrected chi connectivity index (χ2v) is 8.08. The summed E-state index contributed by atoms with van der Waals surface area (Å²) in [4.78, 5) is 34.2. The van der Waals surface area contributed by atoms with Crippen molar-refractivity contribution in [2.75, 3.05) is 26.2 Å². The van der Waals surface area contributed by atoms with E-state index in [2.05, 4.69) is 11.5 Å². The zero-order valence-electron chi connectivity index (χ0n) is 16.8. The number of benzene rings is 1. The Balaban J connectivity index is 1.60. The first-order valence-electron chi connectivity index (χ1n) is 10.7. The van der Waals surface area contributed by atoms with Crippen LogP contribution in [0.25, 0.3) is 11.0 Å². The molecule has 6 heteroatoms. The third-order valence-electron chi connectivity index (χ3n) is 6.05. The van der Waals surface area contributed by atoms with E-state index in [1.807, 2.05) is 34.1 Å². The summed E-state index contributed by atoms with van der Waals surface area (Å²) in [5.74, 6) is 1.32. The molecule has 150 valence electrons. The first-order chi connectivity index (χ1) is 13.7. The molecule has 6 nitrogen and oxygen atoms in total. The molecule has 0 N–H and O–H groups in total. The molecule has 0 aliphatic carbocycles. The van der Waals surface area contributed by atoms with E-state index in [9.17, 15) is 9.59 Å². The van der Waals surface area contributed by atoms with Crippen molar-refractivity contribution in [1.82, 2.24) is 19.4 Å². The average Bonchev–Trinajstić information content (AvgIpc) is 3.27. The Morgan fingerprint density at radius 1 is 1.18 bits per heavy atom. The summed E-state index contributed by atoms with van der Waals surface area (Å²) in [7, 11) is 0. The van der Waals surface area contributed by atoms with Crippen molar-refractivity contribution in [3.8, 4) is 0 Å². The van der Waals surface area contributed by atoms with Gasteiger partial charge in [0.1, 0.15) is 12.4 Å². The van der Waals surface area contributed by atoms with E-state index in [1.54, 1.807) is 0 Å². The van der Waals surface area contributed by atoms with Gasteiger partial charge < -0.3 is 14.4 Å². The van der Waals surface area contributed by atoms with Crippen LogP contribution in [0.2, 0.25) is 0 Å². The summed E-state index contributed by atoms with van der Waals surface area (Å²) < 4.78 is 2.06. The third kappa shape index (κ3) is 3.77. The van der Waals surface area contributed by atoms with Crippen LogP contribution in [0.4, 0.5) is 0 Å². The molecule has 0 saturated carbocycles. The van der Waals surface area contributed by atoms with E-state index in [-0.39, 0.29) is 17.7 Å². The SMILES string of the molecule is CCCCN1C[C@@H](c2nc3ccccc3n2CC(=O)N2CCCCC2)CC1=O. The van der Waals surface area contributed by atoms with E-state index in [0.29, 0.717) is 19.5 Å². The van der Waals surface area contributed by atoms with Crippen molar-refractivity contribution in [1.29, 1.82) is 0 Å². The highest BCUT2D eigenvalue weighted by atomic mass is 16.2. The number of imidazole rings is 1. The van der Waals surface area contributed by atoms with Crippen LogP contribution in [0, 0.1) is 0 Å². The first-order valence-corrected chi connectivity index (χ1v) is 10.7. The van der Waals surface area contributed by atoms with Gasteiger partial charge in [0, 0.05) is 38.5 Å². The lowest BCUT2D eigenvalue weighted by Crippen LogP contribution is -2.38. The van der Waals surface area contributed by atoms with Crippen LogP contribution in [-0.2, 0) is 16.1 Å². The second kappa shape index (κ2) is 8.33. The molecule has 4 rings (SSSR count). The van der Waals surface area contributed by atoms with Crippen molar-refractivity contribution in [3.63, 3.8) is 0 Å². The lowest BCUT2D eigenvalue weighted by Gasteiger charge is -2.27. The Morgan fingerprint density at radius 3 is 2.75 bits per heavy atom. The van der Waals surface area contributed by atoms with E-state index in [0.717, 1.165) is 62.2 Å². The van der Waals surface area contributed by atoms with Gasteiger partial charge >= 0.3 is 0 Å². The molecule has 2 aliphatic rings. The molecule has 2 fully saturated rings. The number of hydrogen-bond donors (Lipinski definition) is 0. The van der Waals surface area contributed by atoms with E-state index >= 15 is 0 Å². The van der Waals surface area contributed by atoms with Gasteiger partial charge in [0.05, 0.1) is 11.0 Å². The van der Waals surface area contributed by atoms with Gasteiger partial charge in [0.2, 0.25) is 11.8 Å². The number of amides is 2. The molecule has 2 amide bonds. The number of nitrogens with zero attached hydrogens (tertiary/aromatic N) is 4. The Morgan fingerprint density at radius 2 is 1.96 bits per heavy atom. The Kier molecular flexibility index (Phi) is 5.64. The van der Waals surface area contributed by atoms with Crippen molar-refractivity contribution >= 4 is 22.8 Å². The van der Waals surface area contributed by atoms with Crippen molar-refractivity contribution in [2.45, 2.75) is 57.9 Å². The predicted octanol–water partition coefficient (Wildman–Crippen LogP) is 3.16. The van der Waals surface area contributed by atoms with Crippen LogP contribution in [-0.4, -0.2) is 57.3 Å². The molecule has 0 spiro atoms.